The van der Waals surface area contributed by atoms with Crippen LogP contribution in [0.5, 0.6) is 0 Å². The molecular weight excluding hydrogens is 542 g/mol. The van der Waals surface area contributed by atoms with E-state index in [2.05, 4.69) is 29.2 Å². The predicted octanol–water partition coefficient (Wildman–Crippen LogP) is 3.66. The summed E-state index contributed by atoms with van der Waals surface area (Å²) in [5.74, 6) is -0.562. The fraction of sp³-hybridized carbons (Fsp3) is 0.367. The molecule has 12 heteroatoms. The van der Waals surface area contributed by atoms with Crippen molar-refractivity contribution in [3.05, 3.63) is 76.4 Å². The molecule has 0 aliphatic rings. The number of alkyl carbamates (subject to hydrolysis) is 1. The Hall–Kier alpha value is -4.87. The molecular formula is C30H37N5O7. The van der Waals surface area contributed by atoms with Gasteiger partial charge in [-0.3, -0.25) is 14.4 Å². The Morgan fingerprint density at radius 1 is 1.12 bits per heavy atom. The third kappa shape index (κ3) is 7.87. The molecule has 224 valence electrons. The highest BCUT2D eigenvalue weighted by molar-refractivity contribution is 5.96. The van der Waals surface area contributed by atoms with Gasteiger partial charge in [-0.2, -0.15) is 0 Å². The number of fused-ring (bicyclic) bond motifs is 1. The number of carbonyl (C=O) groups is 4. The van der Waals surface area contributed by atoms with Gasteiger partial charge in [0.05, 0.1) is 24.9 Å². The number of amides is 3. The Balaban J connectivity index is 1.87. The van der Waals surface area contributed by atoms with Crippen LogP contribution in [-0.2, 0) is 27.3 Å². The molecule has 0 radical (unpaired) electrons. The van der Waals surface area contributed by atoms with E-state index in [0.717, 1.165) is 18.1 Å². The third-order valence-electron chi connectivity index (χ3n) is 6.53. The van der Waals surface area contributed by atoms with Gasteiger partial charge in [0.25, 0.3) is 5.56 Å². The zero-order chi connectivity index (χ0) is 31.0. The molecule has 0 saturated heterocycles. The topological polar surface area (TPSA) is 152 Å². The molecule has 2 heterocycles. The summed E-state index contributed by atoms with van der Waals surface area (Å²) in [7, 11) is 4.39. The first-order chi connectivity index (χ1) is 19.9. The Morgan fingerprint density at radius 2 is 1.86 bits per heavy atom. The van der Waals surface area contributed by atoms with Crippen LogP contribution in [0.4, 0.5) is 15.3 Å². The van der Waals surface area contributed by atoms with Crippen molar-refractivity contribution < 1.29 is 29.0 Å². The largest absolute Gasteiger partial charge is 0.464 e. The number of hydrogen-bond acceptors (Lipinski definition) is 6. The minimum atomic E-state index is -1.16. The van der Waals surface area contributed by atoms with Crippen LogP contribution in [0.2, 0.25) is 0 Å². The van der Waals surface area contributed by atoms with Crippen LogP contribution in [0.1, 0.15) is 37.9 Å². The second-order valence-electron chi connectivity index (χ2n) is 10.5. The number of pyridine rings is 1. The Morgan fingerprint density at radius 3 is 2.50 bits per heavy atom. The first-order valence-electron chi connectivity index (χ1n) is 13.5. The molecule has 3 aromatic rings. The van der Waals surface area contributed by atoms with E-state index in [4.69, 9.17) is 0 Å². The lowest BCUT2D eigenvalue weighted by atomic mass is 10.0. The van der Waals surface area contributed by atoms with E-state index in [9.17, 15) is 29.1 Å². The first-order valence-corrected chi connectivity index (χ1v) is 13.5. The lowest BCUT2D eigenvalue weighted by Crippen LogP contribution is -2.44. The number of hydrogen-bond donors (Lipinski definition) is 3. The molecule has 0 fully saturated rings. The van der Waals surface area contributed by atoms with Crippen LogP contribution < -0.4 is 16.2 Å². The maximum absolute atomic E-state index is 13.3. The number of benzene rings is 1. The minimum Gasteiger partial charge on any atom is -0.464 e. The van der Waals surface area contributed by atoms with Gasteiger partial charge < -0.3 is 29.9 Å². The number of carboxylic acid groups (broad SMARTS) is 1. The van der Waals surface area contributed by atoms with Crippen molar-refractivity contribution in [1.29, 1.82) is 0 Å². The SMILES string of the molecule is COC(=O)NC(CC/C=C/C(=O)N(C)C)C(=O)Nc1cccn(Cc2cc3cccc(CC(C)C)c3n2C(=O)O)c1=O. The van der Waals surface area contributed by atoms with Crippen molar-refractivity contribution in [2.75, 3.05) is 26.5 Å². The second-order valence-corrected chi connectivity index (χ2v) is 10.5. The van der Waals surface area contributed by atoms with Crippen LogP contribution in [0.3, 0.4) is 0 Å². The molecule has 3 rings (SSSR count). The summed E-state index contributed by atoms with van der Waals surface area (Å²) in [6.45, 7) is 4.06. The molecule has 3 N–H and O–H groups in total. The standard InChI is InChI=1S/C30H37N5O7/c1-19(2)16-20-10-8-11-21-17-22(35(26(20)21)30(40)41)18-34-15-9-13-24(28(34)38)31-27(37)23(32-29(39)42-5)12-6-7-14-25(36)33(3)4/h7-11,13-15,17,19,23H,6,12,16,18H2,1-5H3,(H,31,37)(H,32,39)(H,40,41)/b14-7+. The number of carbonyl (C=O) groups excluding carboxylic acids is 3. The van der Waals surface area contributed by atoms with Crippen LogP contribution in [0, 0.1) is 5.92 Å². The number of methoxy groups -OCH3 is 1. The number of rotatable bonds is 11. The number of anilines is 1. The lowest BCUT2D eigenvalue weighted by molar-refractivity contribution is -0.123. The quantitative estimate of drug-likeness (QED) is 0.293. The predicted molar refractivity (Wildman–Crippen MR) is 159 cm³/mol. The molecule has 1 unspecified atom stereocenters. The molecule has 2 aromatic heterocycles. The summed E-state index contributed by atoms with van der Waals surface area (Å²) < 4.78 is 7.14. The summed E-state index contributed by atoms with van der Waals surface area (Å²) in [4.78, 5) is 63.8. The number of nitrogens with zero attached hydrogens (tertiary/aromatic N) is 3. The number of para-hydroxylation sites is 1. The number of likely N-dealkylation sites (N-methyl/N-ethyl adjacent to an activating group) is 1. The molecule has 1 aromatic carbocycles. The fourth-order valence-electron chi connectivity index (χ4n) is 4.54. The Bertz CT molecular complexity index is 1550. The Labute approximate surface area is 243 Å². The molecule has 0 saturated carbocycles. The molecule has 0 aliphatic carbocycles. The number of nitrogens with one attached hydrogen (secondary N) is 2. The molecule has 0 aliphatic heterocycles. The van der Waals surface area contributed by atoms with Gasteiger partial charge in [-0.15, -0.1) is 0 Å². The highest BCUT2D eigenvalue weighted by Crippen LogP contribution is 2.26. The normalized spacial score (nSPS) is 12.0. The zero-order valence-corrected chi connectivity index (χ0v) is 24.4. The van der Waals surface area contributed by atoms with Gasteiger partial charge in [-0.1, -0.05) is 38.1 Å². The molecule has 42 heavy (non-hydrogen) atoms. The van der Waals surface area contributed by atoms with E-state index in [-0.39, 0.29) is 24.6 Å². The van der Waals surface area contributed by atoms with E-state index in [1.54, 1.807) is 32.3 Å². The van der Waals surface area contributed by atoms with Crippen molar-refractivity contribution in [2.24, 2.45) is 5.92 Å². The van der Waals surface area contributed by atoms with E-state index in [1.165, 1.54) is 32.4 Å². The van der Waals surface area contributed by atoms with E-state index < -0.39 is 29.7 Å². The summed E-state index contributed by atoms with van der Waals surface area (Å²) in [6, 6.07) is 9.30. The van der Waals surface area contributed by atoms with Crippen LogP contribution >= 0.6 is 0 Å². The van der Waals surface area contributed by atoms with Crippen molar-refractivity contribution in [2.45, 2.75) is 45.7 Å². The van der Waals surface area contributed by atoms with E-state index in [0.29, 0.717) is 30.0 Å². The van der Waals surface area contributed by atoms with E-state index in [1.807, 2.05) is 18.2 Å². The summed E-state index contributed by atoms with van der Waals surface area (Å²) in [6.07, 6.45) is 3.59. The van der Waals surface area contributed by atoms with Gasteiger partial charge in [0.15, 0.2) is 0 Å². The number of allylic oxidation sites excluding steroid dienone is 1. The zero-order valence-electron chi connectivity index (χ0n) is 24.4. The lowest BCUT2D eigenvalue weighted by Gasteiger charge is -2.17. The van der Waals surface area contributed by atoms with Crippen molar-refractivity contribution in [3.8, 4) is 0 Å². The number of aromatic nitrogens is 2. The number of ether oxygens (including phenoxy) is 1. The highest BCUT2D eigenvalue weighted by Gasteiger charge is 2.23. The van der Waals surface area contributed by atoms with Gasteiger partial charge in [0.2, 0.25) is 11.8 Å². The van der Waals surface area contributed by atoms with Gasteiger partial charge in [-0.05, 0) is 55.0 Å². The molecule has 3 amide bonds. The molecule has 0 bridgehead atoms. The van der Waals surface area contributed by atoms with Crippen molar-refractivity contribution in [1.82, 2.24) is 19.4 Å². The van der Waals surface area contributed by atoms with Crippen molar-refractivity contribution >= 4 is 40.6 Å². The average molecular weight is 580 g/mol. The van der Waals surface area contributed by atoms with Crippen molar-refractivity contribution in [3.63, 3.8) is 0 Å². The third-order valence-corrected chi connectivity index (χ3v) is 6.53. The summed E-state index contributed by atoms with van der Waals surface area (Å²) in [5, 5.41) is 15.8. The first kappa shape index (κ1) is 31.7. The minimum absolute atomic E-state index is 0.0454. The van der Waals surface area contributed by atoms with Crippen LogP contribution in [-0.4, -0.2) is 70.4 Å². The Kier molecular flexibility index (Phi) is 10.7. The smallest absolute Gasteiger partial charge is 0.416 e. The molecule has 12 nitrogen and oxygen atoms in total. The second kappa shape index (κ2) is 14.2. The van der Waals surface area contributed by atoms with Gasteiger partial charge >= 0.3 is 12.2 Å². The monoisotopic (exact) mass is 579 g/mol. The van der Waals surface area contributed by atoms with Gasteiger partial charge in [0, 0.05) is 25.7 Å². The maximum Gasteiger partial charge on any atom is 0.416 e. The van der Waals surface area contributed by atoms with Gasteiger partial charge in [-0.25, -0.2) is 14.2 Å². The maximum atomic E-state index is 13.3. The summed E-state index contributed by atoms with van der Waals surface area (Å²) >= 11 is 0. The fourth-order valence-corrected chi connectivity index (χ4v) is 4.54. The molecule has 0 spiro atoms. The van der Waals surface area contributed by atoms with E-state index >= 15 is 0 Å². The van der Waals surface area contributed by atoms with Gasteiger partial charge in [0.1, 0.15) is 11.7 Å². The average Bonchev–Trinajstić information content (AvgIpc) is 3.31. The molecule has 1 atom stereocenters. The summed E-state index contributed by atoms with van der Waals surface area (Å²) in [5.41, 5.74) is 1.28. The van der Waals surface area contributed by atoms with Crippen LogP contribution in [0.25, 0.3) is 10.9 Å². The highest BCUT2D eigenvalue weighted by atomic mass is 16.5. The van der Waals surface area contributed by atoms with Crippen LogP contribution in [0.15, 0.2) is 59.5 Å².